The molecule has 5 rings (SSSR count). The van der Waals surface area contributed by atoms with Crippen LogP contribution >= 0.6 is 0 Å². The molecule has 1 unspecified atom stereocenters. The third-order valence-electron chi connectivity index (χ3n) is 5.67. The number of rotatable bonds is 4. The minimum Gasteiger partial charge on any atom is -0.418 e. The van der Waals surface area contributed by atoms with Crippen LogP contribution in [-0.2, 0) is 5.67 Å². The van der Waals surface area contributed by atoms with Crippen LogP contribution in [0.4, 0.5) is 4.39 Å². The second-order valence-corrected chi connectivity index (χ2v) is 8.45. The quantitative estimate of drug-likeness (QED) is 0.516. The van der Waals surface area contributed by atoms with E-state index in [1.807, 2.05) is 48.4 Å². The van der Waals surface area contributed by atoms with Crippen molar-refractivity contribution in [2.75, 3.05) is 6.54 Å². The summed E-state index contributed by atoms with van der Waals surface area (Å²) in [5.74, 6) is -0.177. The van der Waals surface area contributed by atoms with Gasteiger partial charge in [0.05, 0.1) is 29.5 Å². The lowest BCUT2D eigenvalue weighted by molar-refractivity contribution is -0.0482. The van der Waals surface area contributed by atoms with Gasteiger partial charge >= 0.3 is 0 Å². The molecule has 160 valence electrons. The lowest BCUT2D eigenvalue weighted by Gasteiger charge is -2.39. The van der Waals surface area contributed by atoms with Crippen LogP contribution in [0.2, 0.25) is 0 Å². The molecule has 3 atom stereocenters. The summed E-state index contributed by atoms with van der Waals surface area (Å²) in [5, 5.41) is 21.0. The summed E-state index contributed by atoms with van der Waals surface area (Å²) in [6.07, 6.45) is 2.24. The van der Waals surface area contributed by atoms with E-state index in [4.69, 9.17) is 4.42 Å². The first-order chi connectivity index (χ1) is 14.8. The number of aliphatic hydroxyl groups excluding tert-OH is 1. The number of aliphatic hydroxyl groups is 1. The maximum absolute atomic E-state index is 14.2. The van der Waals surface area contributed by atoms with Gasteiger partial charge in [0, 0.05) is 24.0 Å². The molecule has 0 radical (unpaired) electrons. The Bertz CT molecular complexity index is 1230. The summed E-state index contributed by atoms with van der Waals surface area (Å²) in [6.45, 7) is 5.18. The first-order valence-corrected chi connectivity index (χ1v) is 10.2. The van der Waals surface area contributed by atoms with Gasteiger partial charge in [0.25, 0.3) is 11.8 Å². The van der Waals surface area contributed by atoms with Crippen LogP contribution in [0, 0.1) is 0 Å². The van der Waals surface area contributed by atoms with Gasteiger partial charge in [-0.1, -0.05) is 31.2 Å². The molecule has 0 amide bonds. The van der Waals surface area contributed by atoms with Crippen molar-refractivity contribution in [3.63, 3.8) is 0 Å². The molecular weight excluding hydrogens is 399 g/mol. The Labute approximate surface area is 178 Å². The van der Waals surface area contributed by atoms with E-state index in [0.29, 0.717) is 6.54 Å². The number of imidazole rings is 1. The minimum absolute atomic E-state index is 0.0487. The van der Waals surface area contributed by atoms with Crippen LogP contribution in [0.3, 0.4) is 0 Å². The molecule has 1 aliphatic rings. The molecule has 3 aromatic heterocycles. The number of hydrogen-bond acceptors (Lipinski definition) is 7. The maximum atomic E-state index is 14.2. The van der Waals surface area contributed by atoms with Crippen LogP contribution in [0.1, 0.15) is 67.8 Å². The van der Waals surface area contributed by atoms with Crippen LogP contribution in [0.25, 0.3) is 10.8 Å². The van der Waals surface area contributed by atoms with Crippen molar-refractivity contribution in [1.82, 2.24) is 30.0 Å². The van der Waals surface area contributed by atoms with Crippen molar-refractivity contribution in [2.45, 2.75) is 44.6 Å². The third kappa shape index (κ3) is 3.39. The lowest BCUT2D eigenvalue weighted by Crippen LogP contribution is -2.41. The highest BCUT2D eigenvalue weighted by Crippen LogP contribution is 2.41. The first kappa shape index (κ1) is 19.8. The van der Waals surface area contributed by atoms with Gasteiger partial charge in [0.1, 0.15) is 0 Å². The summed E-state index contributed by atoms with van der Waals surface area (Å²) >= 11 is 0. The second-order valence-electron chi connectivity index (χ2n) is 8.45. The highest BCUT2D eigenvalue weighted by atomic mass is 19.1. The molecule has 4 aromatic rings. The van der Waals surface area contributed by atoms with Crippen LogP contribution < -0.4 is 0 Å². The zero-order chi connectivity index (χ0) is 21.8. The maximum Gasteiger partial charge on any atom is 0.260 e. The molecule has 0 fully saturated rings. The summed E-state index contributed by atoms with van der Waals surface area (Å²) in [6, 6.07) is 9.55. The average molecular weight is 422 g/mol. The summed E-state index contributed by atoms with van der Waals surface area (Å²) in [5.41, 5.74) is 0.738. The molecule has 0 bridgehead atoms. The van der Waals surface area contributed by atoms with Crippen molar-refractivity contribution in [3.8, 4) is 0 Å². The van der Waals surface area contributed by atoms with Gasteiger partial charge in [-0.05, 0) is 25.3 Å². The van der Waals surface area contributed by atoms with Gasteiger partial charge in [-0.3, -0.25) is 9.88 Å². The van der Waals surface area contributed by atoms with Gasteiger partial charge in [0.15, 0.2) is 11.9 Å². The van der Waals surface area contributed by atoms with E-state index >= 15 is 0 Å². The molecule has 0 spiro atoms. The van der Waals surface area contributed by atoms with Crippen molar-refractivity contribution in [2.24, 2.45) is 0 Å². The van der Waals surface area contributed by atoms with Crippen LogP contribution in [0.15, 0.2) is 47.3 Å². The molecule has 0 saturated heterocycles. The number of aromatic amines is 1. The molecule has 2 N–H and O–H groups in total. The number of halogens is 1. The van der Waals surface area contributed by atoms with Gasteiger partial charge < -0.3 is 14.5 Å². The number of nitrogens with zero attached hydrogens (tertiary/aromatic N) is 5. The van der Waals surface area contributed by atoms with Gasteiger partial charge in [-0.25, -0.2) is 9.37 Å². The van der Waals surface area contributed by atoms with Crippen LogP contribution in [-0.4, -0.2) is 41.7 Å². The molecular formula is C22H23FN6O2. The fourth-order valence-corrected chi connectivity index (χ4v) is 4.13. The van der Waals surface area contributed by atoms with E-state index in [0.717, 1.165) is 27.9 Å². The molecule has 1 aliphatic heterocycles. The van der Waals surface area contributed by atoms with E-state index in [-0.39, 0.29) is 17.7 Å². The lowest BCUT2D eigenvalue weighted by atomic mass is 9.92. The Morgan fingerprint density at radius 2 is 2.00 bits per heavy atom. The Kier molecular flexibility index (Phi) is 4.60. The standard InChI is InChI=1S/C22H23FN6O2/c1-12-10-29(20(30)19-27-28-21(31-19)22(2,3)23)18(17-16(12)25-11-26-17)15-8-13-6-4-5-7-14(13)9-24-15/h4-9,11-12,18,20,30H,10H2,1-3H3,(H,25,26)/t12-,18+,20?/m1/s1. The number of benzene rings is 1. The minimum atomic E-state index is -1.80. The molecule has 4 heterocycles. The highest BCUT2D eigenvalue weighted by Gasteiger charge is 2.41. The number of hydrogen-bond donors (Lipinski definition) is 2. The number of aromatic nitrogens is 5. The fraction of sp³-hybridized carbons (Fsp3) is 0.364. The van der Waals surface area contributed by atoms with E-state index in [2.05, 4.69) is 25.1 Å². The fourth-order valence-electron chi connectivity index (χ4n) is 4.13. The van der Waals surface area contributed by atoms with Crippen LogP contribution in [0.5, 0.6) is 0 Å². The first-order valence-electron chi connectivity index (χ1n) is 10.2. The number of H-pyrrole nitrogens is 1. The molecule has 1 aromatic carbocycles. The molecule has 9 heteroatoms. The second kappa shape index (κ2) is 7.21. The molecule has 8 nitrogen and oxygen atoms in total. The Balaban J connectivity index is 1.60. The molecule has 31 heavy (non-hydrogen) atoms. The number of fused-ring (bicyclic) bond motifs is 2. The summed E-state index contributed by atoms with van der Waals surface area (Å²) < 4.78 is 19.7. The SMILES string of the molecule is C[C@@H]1CN(C(O)c2nnc(C(C)(C)F)o2)[C@@H](c2cc3ccccc3cn2)c2[nH]cnc21. The van der Waals surface area contributed by atoms with E-state index < -0.39 is 17.9 Å². The van der Waals surface area contributed by atoms with Crippen molar-refractivity contribution >= 4 is 10.8 Å². The van der Waals surface area contributed by atoms with Crippen molar-refractivity contribution in [3.05, 3.63) is 71.7 Å². The van der Waals surface area contributed by atoms with Gasteiger partial charge in [-0.2, -0.15) is 0 Å². The summed E-state index contributed by atoms with van der Waals surface area (Å²) in [4.78, 5) is 14.2. The highest BCUT2D eigenvalue weighted by molar-refractivity contribution is 5.81. The number of nitrogens with one attached hydrogen (secondary N) is 1. The predicted octanol–water partition coefficient (Wildman–Crippen LogP) is 3.75. The van der Waals surface area contributed by atoms with Crippen molar-refractivity contribution < 1.29 is 13.9 Å². The normalized spacial score (nSPS) is 20.7. The monoisotopic (exact) mass is 422 g/mol. The Morgan fingerprint density at radius 1 is 1.23 bits per heavy atom. The summed E-state index contributed by atoms with van der Waals surface area (Å²) in [7, 11) is 0. The van der Waals surface area contributed by atoms with E-state index in [1.54, 1.807) is 6.33 Å². The predicted molar refractivity (Wildman–Crippen MR) is 111 cm³/mol. The van der Waals surface area contributed by atoms with E-state index in [9.17, 15) is 9.50 Å². The van der Waals surface area contributed by atoms with Crippen molar-refractivity contribution in [1.29, 1.82) is 0 Å². The average Bonchev–Trinajstić information content (AvgIpc) is 3.43. The van der Waals surface area contributed by atoms with Gasteiger partial charge in [-0.15, -0.1) is 10.2 Å². The van der Waals surface area contributed by atoms with E-state index in [1.165, 1.54) is 13.8 Å². The topological polar surface area (TPSA) is 104 Å². The molecule has 0 aliphatic carbocycles. The largest absolute Gasteiger partial charge is 0.418 e. The zero-order valence-corrected chi connectivity index (χ0v) is 17.5. The zero-order valence-electron chi connectivity index (χ0n) is 17.5. The number of pyridine rings is 1. The van der Waals surface area contributed by atoms with Gasteiger partial charge in [0.2, 0.25) is 0 Å². The third-order valence-corrected chi connectivity index (χ3v) is 5.67. The smallest absolute Gasteiger partial charge is 0.260 e. The Morgan fingerprint density at radius 3 is 2.74 bits per heavy atom. The molecule has 0 saturated carbocycles. The Hall–Kier alpha value is -3.17. The number of alkyl halides is 1.